The van der Waals surface area contributed by atoms with E-state index in [2.05, 4.69) is 20.4 Å². The van der Waals surface area contributed by atoms with Crippen LogP contribution in [0.5, 0.6) is 5.75 Å². The molecule has 7 atom stereocenters. The van der Waals surface area contributed by atoms with Gasteiger partial charge in [0.05, 0.1) is 25.2 Å². The molecule has 5 rings (SSSR count). The number of ether oxygens (including phenoxy) is 4. The fourth-order valence-corrected chi connectivity index (χ4v) is 7.35. The molecule has 1 aromatic carbocycles. The summed E-state index contributed by atoms with van der Waals surface area (Å²) in [6.45, 7) is 10.5. The monoisotopic (exact) mass is 484 g/mol. The van der Waals surface area contributed by atoms with Crippen LogP contribution in [0, 0.1) is 22.7 Å². The van der Waals surface area contributed by atoms with Crippen molar-refractivity contribution in [1.29, 1.82) is 0 Å². The number of ketones is 1. The largest absolute Gasteiger partial charge is 0.509 e. The first-order valence-corrected chi connectivity index (χ1v) is 12.6. The topological polar surface area (TPSA) is 91.3 Å². The third kappa shape index (κ3) is 3.45. The molecule has 7 nitrogen and oxygen atoms in total. The Morgan fingerprint density at radius 3 is 2.54 bits per heavy atom. The lowest BCUT2D eigenvalue weighted by atomic mass is 9.58. The number of aliphatic hydroxyl groups excluding tert-OH is 1. The van der Waals surface area contributed by atoms with Gasteiger partial charge in [0.1, 0.15) is 18.0 Å². The fraction of sp³-hybridized carbons (Fsp3) is 0.643. The molecule has 1 aromatic rings. The van der Waals surface area contributed by atoms with Gasteiger partial charge in [-0.2, -0.15) is 0 Å². The minimum Gasteiger partial charge on any atom is -0.497 e. The Morgan fingerprint density at radius 1 is 1.14 bits per heavy atom. The van der Waals surface area contributed by atoms with E-state index >= 15 is 0 Å². The number of rotatable bonds is 4. The highest BCUT2D eigenvalue weighted by Crippen LogP contribution is 2.62. The number of aliphatic hydroxyl groups is 1. The van der Waals surface area contributed by atoms with Crippen molar-refractivity contribution in [3.63, 3.8) is 0 Å². The molecule has 1 aliphatic heterocycles. The third-order valence-corrected chi connectivity index (χ3v) is 9.71. The third-order valence-electron chi connectivity index (χ3n) is 9.71. The van der Waals surface area contributed by atoms with Crippen LogP contribution < -0.4 is 4.74 Å². The van der Waals surface area contributed by atoms with Crippen LogP contribution in [0.1, 0.15) is 58.4 Å². The number of Topliss-reactive ketones (excluding diaryl/α,β-unsaturated/α-hetero) is 1. The van der Waals surface area contributed by atoms with Gasteiger partial charge in [0, 0.05) is 11.3 Å². The van der Waals surface area contributed by atoms with E-state index < -0.39 is 40.9 Å². The first-order chi connectivity index (χ1) is 16.5. The number of fused-ring (bicyclic) bond motifs is 2. The second-order valence-corrected chi connectivity index (χ2v) is 11.4. The normalized spacial score (nSPS) is 40.0. The van der Waals surface area contributed by atoms with E-state index in [1.165, 1.54) is 0 Å². The van der Waals surface area contributed by atoms with Crippen molar-refractivity contribution in [3.8, 4) is 5.75 Å². The number of benzene rings is 1. The van der Waals surface area contributed by atoms with Crippen molar-refractivity contribution in [2.75, 3.05) is 7.11 Å². The van der Waals surface area contributed by atoms with E-state index in [0.29, 0.717) is 32.1 Å². The quantitative estimate of drug-likeness (QED) is 0.493. The minimum atomic E-state index is -1.09. The molecule has 4 fully saturated rings. The van der Waals surface area contributed by atoms with E-state index in [9.17, 15) is 14.7 Å². The molecular weight excluding hydrogens is 448 g/mol. The summed E-state index contributed by atoms with van der Waals surface area (Å²) in [6.07, 6.45) is 0.0293. The Hall–Kier alpha value is -2.38. The molecule has 1 heterocycles. The fourth-order valence-electron chi connectivity index (χ4n) is 7.35. The van der Waals surface area contributed by atoms with Crippen molar-refractivity contribution in [1.82, 2.24) is 0 Å². The van der Waals surface area contributed by atoms with Crippen LogP contribution >= 0.6 is 0 Å². The Balaban J connectivity index is 1.57. The van der Waals surface area contributed by atoms with Gasteiger partial charge >= 0.3 is 6.16 Å². The van der Waals surface area contributed by atoms with Crippen LogP contribution in [-0.4, -0.2) is 48.1 Å². The molecule has 35 heavy (non-hydrogen) atoms. The van der Waals surface area contributed by atoms with E-state index in [0.717, 1.165) is 16.9 Å². The number of methoxy groups -OCH3 is 1. The molecule has 4 aliphatic rings. The highest BCUT2D eigenvalue weighted by atomic mass is 16.8. The second kappa shape index (κ2) is 8.34. The average Bonchev–Trinajstić information content (AvgIpc) is 3.30. The summed E-state index contributed by atoms with van der Waals surface area (Å²) in [5.74, 6) is 0.116. The van der Waals surface area contributed by atoms with Crippen molar-refractivity contribution in [3.05, 3.63) is 42.0 Å². The van der Waals surface area contributed by atoms with Crippen molar-refractivity contribution in [2.24, 2.45) is 22.7 Å². The highest BCUT2D eigenvalue weighted by Gasteiger charge is 2.71. The summed E-state index contributed by atoms with van der Waals surface area (Å²) < 4.78 is 23.4. The van der Waals surface area contributed by atoms with Gasteiger partial charge in [0.25, 0.3) is 0 Å². The number of hydrogen-bond acceptors (Lipinski definition) is 7. The van der Waals surface area contributed by atoms with Gasteiger partial charge in [-0.3, -0.25) is 4.79 Å². The van der Waals surface area contributed by atoms with E-state index in [4.69, 9.17) is 18.9 Å². The minimum absolute atomic E-state index is 0.0919. The highest BCUT2D eigenvalue weighted by molar-refractivity contribution is 5.91. The average molecular weight is 485 g/mol. The lowest BCUT2D eigenvalue weighted by molar-refractivity contribution is -0.161. The molecule has 0 amide bonds. The molecule has 1 saturated heterocycles. The Bertz CT molecular complexity index is 1030. The molecule has 2 bridgehead atoms. The summed E-state index contributed by atoms with van der Waals surface area (Å²) in [7, 11) is 1.62. The number of carbonyl (C=O) groups excluding carboxylic acids is 2. The van der Waals surface area contributed by atoms with Gasteiger partial charge in [-0.05, 0) is 62.6 Å². The Morgan fingerprint density at radius 2 is 1.86 bits per heavy atom. The Kier molecular flexibility index (Phi) is 5.80. The van der Waals surface area contributed by atoms with Gasteiger partial charge < -0.3 is 24.1 Å². The van der Waals surface area contributed by atoms with Crippen molar-refractivity contribution in [2.45, 2.75) is 83.4 Å². The van der Waals surface area contributed by atoms with Gasteiger partial charge in [0.2, 0.25) is 0 Å². The summed E-state index contributed by atoms with van der Waals surface area (Å²) in [4.78, 5) is 26.9. The summed E-state index contributed by atoms with van der Waals surface area (Å²) in [5.41, 5.74) is -0.664. The molecule has 7 heteroatoms. The van der Waals surface area contributed by atoms with Crippen LogP contribution in [-0.2, 0) is 25.6 Å². The molecule has 3 aliphatic carbocycles. The first-order valence-electron chi connectivity index (χ1n) is 12.6. The molecule has 1 N–H and O–H groups in total. The molecule has 0 radical (unpaired) electrons. The van der Waals surface area contributed by atoms with Gasteiger partial charge in [-0.1, -0.05) is 38.1 Å². The number of allylic oxidation sites excluding steroid dienone is 1. The zero-order chi connectivity index (χ0) is 25.2. The molecule has 3 saturated carbocycles. The standard InChI is InChI=1S/C28H36O7/c1-16-6-11-21(29)27(4)20(16)14-22-28(35-25(31)34-22)13-12-19(26(28,2)3)23(24(27)30)33-15-17-7-9-18(32-5)10-8-17/h7-10,19-23,29H,1,6,11-15H2,2-5H3/t19-,20-,21+,22+,23-,27+,28-/m1/s1. The SMILES string of the molecule is C=C1CC[C@H](O)[C@@]2(C)C(=O)[C@H](OCc3ccc(OC)cc3)[C@H]3CC[C@]4(OC(=O)O[C@H]4C[C@H]12)C3(C)C. The molecule has 0 unspecified atom stereocenters. The zero-order valence-corrected chi connectivity index (χ0v) is 21.0. The lowest BCUT2D eigenvalue weighted by Crippen LogP contribution is -2.55. The van der Waals surface area contributed by atoms with Crippen LogP contribution in [0.3, 0.4) is 0 Å². The Labute approximate surface area is 206 Å². The first kappa shape index (κ1) is 24.3. The summed E-state index contributed by atoms with van der Waals surface area (Å²) in [6, 6.07) is 7.57. The van der Waals surface area contributed by atoms with Crippen LogP contribution in [0.2, 0.25) is 0 Å². The van der Waals surface area contributed by atoms with Gasteiger partial charge in [-0.25, -0.2) is 4.79 Å². The van der Waals surface area contributed by atoms with Crippen molar-refractivity contribution >= 4 is 11.9 Å². The number of hydrogen-bond donors (Lipinski definition) is 1. The molecule has 0 aromatic heterocycles. The van der Waals surface area contributed by atoms with E-state index in [-0.39, 0.29) is 24.2 Å². The maximum Gasteiger partial charge on any atom is 0.509 e. The van der Waals surface area contributed by atoms with Crippen LogP contribution in [0.4, 0.5) is 4.79 Å². The predicted molar refractivity (Wildman–Crippen MR) is 128 cm³/mol. The maximum absolute atomic E-state index is 14.4. The molecule has 190 valence electrons. The lowest BCUT2D eigenvalue weighted by Gasteiger charge is -2.47. The van der Waals surface area contributed by atoms with Gasteiger partial charge in [-0.15, -0.1) is 0 Å². The number of carbonyl (C=O) groups is 2. The maximum atomic E-state index is 14.4. The van der Waals surface area contributed by atoms with Crippen LogP contribution in [0.15, 0.2) is 36.4 Å². The summed E-state index contributed by atoms with van der Waals surface area (Å²) >= 11 is 0. The molecular formula is C28H36O7. The van der Waals surface area contributed by atoms with Gasteiger partial charge in [0.15, 0.2) is 11.4 Å². The molecule has 1 spiro atoms. The zero-order valence-electron chi connectivity index (χ0n) is 21.0. The van der Waals surface area contributed by atoms with Crippen LogP contribution in [0.25, 0.3) is 0 Å². The van der Waals surface area contributed by atoms with Crippen molar-refractivity contribution < 1.29 is 33.6 Å². The predicted octanol–water partition coefficient (Wildman–Crippen LogP) is 4.60. The second-order valence-electron chi connectivity index (χ2n) is 11.4. The van der Waals surface area contributed by atoms with E-state index in [1.54, 1.807) is 7.11 Å². The smallest absolute Gasteiger partial charge is 0.497 e. The summed E-state index contributed by atoms with van der Waals surface area (Å²) in [5, 5.41) is 11.2. The van der Waals surface area contributed by atoms with E-state index in [1.807, 2.05) is 31.2 Å².